The van der Waals surface area contributed by atoms with E-state index < -0.39 is 0 Å². The van der Waals surface area contributed by atoms with E-state index in [0.717, 1.165) is 32.5 Å². The van der Waals surface area contributed by atoms with Gasteiger partial charge in [-0.2, -0.15) is 0 Å². The highest BCUT2D eigenvalue weighted by atomic mass is 32.1. The van der Waals surface area contributed by atoms with Crippen molar-refractivity contribution in [2.45, 2.75) is 32.4 Å². The molecule has 20 heavy (non-hydrogen) atoms. The first-order valence-electron chi connectivity index (χ1n) is 7.10. The maximum atomic E-state index is 5.05. The van der Waals surface area contributed by atoms with E-state index in [9.17, 15) is 0 Å². The van der Waals surface area contributed by atoms with Crippen LogP contribution in [0.5, 0.6) is 0 Å². The SMILES string of the molecule is CCCC(c1cccs1)n1cncc1CNCCOC. The highest BCUT2D eigenvalue weighted by molar-refractivity contribution is 7.10. The number of hydrogen-bond donors (Lipinski definition) is 1. The Balaban J connectivity index is 2.07. The molecular formula is C15H23N3OS. The minimum Gasteiger partial charge on any atom is -0.383 e. The summed E-state index contributed by atoms with van der Waals surface area (Å²) in [5.74, 6) is 0. The van der Waals surface area contributed by atoms with Crippen molar-refractivity contribution in [3.8, 4) is 0 Å². The first-order valence-corrected chi connectivity index (χ1v) is 7.98. The number of imidazole rings is 1. The first kappa shape index (κ1) is 15.2. The van der Waals surface area contributed by atoms with E-state index in [0.29, 0.717) is 6.04 Å². The monoisotopic (exact) mass is 293 g/mol. The summed E-state index contributed by atoms with van der Waals surface area (Å²) in [5.41, 5.74) is 1.23. The van der Waals surface area contributed by atoms with E-state index in [-0.39, 0.29) is 0 Å². The molecule has 2 aromatic heterocycles. The predicted molar refractivity (Wildman–Crippen MR) is 83.2 cm³/mol. The number of aromatic nitrogens is 2. The van der Waals surface area contributed by atoms with Crippen LogP contribution < -0.4 is 5.32 Å². The number of nitrogens with one attached hydrogen (secondary N) is 1. The van der Waals surface area contributed by atoms with Crippen molar-refractivity contribution in [3.05, 3.63) is 40.6 Å². The molecule has 2 heterocycles. The van der Waals surface area contributed by atoms with Gasteiger partial charge in [0.05, 0.1) is 24.7 Å². The summed E-state index contributed by atoms with van der Waals surface area (Å²) in [5, 5.41) is 5.53. The van der Waals surface area contributed by atoms with Crippen LogP contribution >= 0.6 is 11.3 Å². The van der Waals surface area contributed by atoms with Gasteiger partial charge in [0.15, 0.2) is 0 Å². The Morgan fingerprint density at radius 3 is 3.10 bits per heavy atom. The fourth-order valence-corrected chi connectivity index (χ4v) is 3.17. The number of rotatable bonds is 9. The summed E-state index contributed by atoms with van der Waals surface area (Å²) < 4.78 is 7.35. The lowest BCUT2D eigenvalue weighted by atomic mass is 10.1. The molecule has 1 atom stereocenters. The van der Waals surface area contributed by atoms with E-state index in [1.54, 1.807) is 7.11 Å². The average Bonchev–Trinajstić information content (AvgIpc) is 3.12. The molecule has 2 aromatic rings. The summed E-state index contributed by atoms with van der Waals surface area (Å²) in [6.07, 6.45) is 6.21. The summed E-state index contributed by atoms with van der Waals surface area (Å²) in [6.45, 7) is 4.65. The molecule has 0 amide bonds. The van der Waals surface area contributed by atoms with Crippen molar-refractivity contribution in [3.63, 3.8) is 0 Å². The Kier molecular flexibility index (Phi) is 6.24. The van der Waals surface area contributed by atoms with Crippen LogP contribution in [0.15, 0.2) is 30.0 Å². The van der Waals surface area contributed by atoms with Gasteiger partial charge in [-0.15, -0.1) is 11.3 Å². The molecule has 0 aliphatic heterocycles. The van der Waals surface area contributed by atoms with Crippen LogP contribution in [0.3, 0.4) is 0 Å². The molecule has 4 nitrogen and oxygen atoms in total. The Morgan fingerprint density at radius 2 is 2.40 bits per heavy atom. The Hall–Kier alpha value is -1.17. The third-order valence-corrected chi connectivity index (χ3v) is 4.28. The fourth-order valence-electron chi connectivity index (χ4n) is 2.31. The van der Waals surface area contributed by atoms with Crippen molar-refractivity contribution >= 4 is 11.3 Å². The van der Waals surface area contributed by atoms with E-state index in [2.05, 4.69) is 39.3 Å². The molecule has 0 aromatic carbocycles. The van der Waals surface area contributed by atoms with E-state index in [1.807, 2.05) is 23.9 Å². The molecule has 0 aliphatic carbocycles. The normalized spacial score (nSPS) is 12.7. The standard InChI is InChI=1S/C15H23N3OS/c1-3-5-14(15-6-4-9-20-15)18-12-17-11-13(18)10-16-7-8-19-2/h4,6,9,11-12,14,16H,3,5,7-8,10H2,1-2H3. The summed E-state index contributed by atoms with van der Waals surface area (Å²) in [4.78, 5) is 5.74. The smallest absolute Gasteiger partial charge is 0.0954 e. The summed E-state index contributed by atoms with van der Waals surface area (Å²) in [7, 11) is 1.72. The van der Waals surface area contributed by atoms with Gasteiger partial charge in [0.2, 0.25) is 0 Å². The van der Waals surface area contributed by atoms with Gasteiger partial charge in [-0.05, 0) is 17.9 Å². The zero-order chi connectivity index (χ0) is 14.2. The highest BCUT2D eigenvalue weighted by Crippen LogP contribution is 2.28. The van der Waals surface area contributed by atoms with Crippen LogP contribution in [0.1, 0.15) is 36.4 Å². The zero-order valence-corrected chi connectivity index (χ0v) is 13.0. The van der Waals surface area contributed by atoms with Gasteiger partial charge in [0.25, 0.3) is 0 Å². The van der Waals surface area contributed by atoms with Crippen LogP contribution in [-0.2, 0) is 11.3 Å². The second-order valence-electron chi connectivity index (χ2n) is 4.78. The van der Waals surface area contributed by atoms with Crippen LogP contribution in [0.25, 0.3) is 0 Å². The van der Waals surface area contributed by atoms with Gasteiger partial charge in [0.1, 0.15) is 0 Å². The lowest BCUT2D eigenvalue weighted by Gasteiger charge is -2.19. The molecular weight excluding hydrogens is 270 g/mol. The molecule has 0 saturated carbocycles. The second kappa shape index (κ2) is 8.19. The second-order valence-corrected chi connectivity index (χ2v) is 5.76. The minimum absolute atomic E-state index is 0.404. The number of hydrogen-bond acceptors (Lipinski definition) is 4. The third-order valence-electron chi connectivity index (χ3n) is 3.30. The van der Waals surface area contributed by atoms with E-state index >= 15 is 0 Å². The van der Waals surface area contributed by atoms with Crippen LogP contribution in [0.4, 0.5) is 0 Å². The number of methoxy groups -OCH3 is 1. The number of ether oxygens (including phenoxy) is 1. The zero-order valence-electron chi connectivity index (χ0n) is 12.2. The number of nitrogens with zero attached hydrogens (tertiary/aromatic N) is 2. The fraction of sp³-hybridized carbons (Fsp3) is 0.533. The summed E-state index contributed by atoms with van der Waals surface area (Å²) >= 11 is 1.82. The van der Waals surface area contributed by atoms with Gasteiger partial charge in [-0.1, -0.05) is 19.4 Å². The maximum Gasteiger partial charge on any atom is 0.0954 e. The molecule has 2 rings (SSSR count). The maximum absolute atomic E-state index is 5.05. The lowest BCUT2D eigenvalue weighted by Crippen LogP contribution is -2.21. The lowest BCUT2D eigenvalue weighted by molar-refractivity contribution is 0.199. The van der Waals surface area contributed by atoms with Gasteiger partial charge in [-0.25, -0.2) is 4.98 Å². The predicted octanol–water partition coefficient (Wildman–Crippen LogP) is 3.07. The van der Waals surface area contributed by atoms with Gasteiger partial charge >= 0.3 is 0 Å². The van der Waals surface area contributed by atoms with Gasteiger partial charge in [-0.3, -0.25) is 0 Å². The van der Waals surface area contributed by atoms with E-state index in [4.69, 9.17) is 4.74 Å². The molecule has 0 saturated heterocycles. The Bertz CT molecular complexity index is 481. The third kappa shape index (κ3) is 3.91. The minimum atomic E-state index is 0.404. The number of thiophene rings is 1. The van der Waals surface area contributed by atoms with Crippen LogP contribution in [0, 0.1) is 0 Å². The Morgan fingerprint density at radius 1 is 1.50 bits per heavy atom. The van der Waals surface area contributed by atoms with Crippen molar-refractivity contribution in [2.24, 2.45) is 0 Å². The summed E-state index contributed by atoms with van der Waals surface area (Å²) in [6, 6.07) is 4.74. The van der Waals surface area contributed by atoms with Crippen molar-refractivity contribution < 1.29 is 4.74 Å². The molecule has 0 bridgehead atoms. The molecule has 1 N–H and O–H groups in total. The first-order chi connectivity index (χ1) is 9.86. The average molecular weight is 293 g/mol. The molecule has 0 aliphatic rings. The van der Waals surface area contributed by atoms with E-state index in [1.165, 1.54) is 10.6 Å². The molecule has 0 fully saturated rings. The van der Waals surface area contributed by atoms with Crippen molar-refractivity contribution in [1.82, 2.24) is 14.9 Å². The largest absolute Gasteiger partial charge is 0.383 e. The molecule has 0 radical (unpaired) electrons. The highest BCUT2D eigenvalue weighted by Gasteiger charge is 2.16. The van der Waals surface area contributed by atoms with Gasteiger partial charge < -0.3 is 14.6 Å². The quantitative estimate of drug-likeness (QED) is 0.722. The molecule has 110 valence electrons. The van der Waals surface area contributed by atoms with Crippen LogP contribution in [0.2, 0.25) is 0 Å². The Labute approximate surface area is 124 Å². The van der Waals surface area contributed by atoms with Crippen LogP contribution in [-0.4, -0.2) is 29.8 Å². The van der Waals surface area contributed by atoms with Gasteiger partial charge in [0, 0.05) is 31.3 Å². The molecule has 0 spiro atoms. The topological polar surface area (TPSA) is 39.1 Å². The van der Waals surface area contributed by atoms with Crippen molar-refractivity contribution in [2.75, 3.05) is 20.3 Å². The molecule has 1 unspecified atom stereocenters. The van der Waals surface area contributed by atoms with Crippen molar-refractivity contribution in [1.29, 1.82) is 0 Å². The molecule has 5 heteroatoms.